The molecule has 0 spiro atoms. The van der Waals surface area contributed by atoms with Gasteiger partial charge in [0, 0.05) is 6.54 Å². The number of carbonyl (C=O) groups is 1. The highest BCUT2D eigenvalue weighted by molar-refractivity contribution is 5.90. The summed E-state index contributed by atoms with van der Waals surface area (Å²) in [7, 11) is 0. The van der Waals surface area contributed by atoms with E-state index in [4.69, 9.17) is 9.84 Å². The number of likely N-dealkylation sites (N-methyl/N-ethyl adjacent to an activating group) is 1. The molecule has 0 aromatic heterocycles. The molecular formula is C13H16F3NO3. The Morgan fingerprint density at radius 2 is 2.00 bits per heavy atom. The first kappa shape index (κ1) is 16.3. The molecule has 0 amide bonds. The Bertz CT molecular complexity index is 449. The van der Waals surface area contributed by atoms with Crippen molar-refractivity contribution in [3.8, 4) is 5.75 Å². The molecule has 0 fully saturated rings. The van der Waals surface area contributed by atoms with E-state index in [1.54, 1.807) is 19.1 Å². The Kier molecular flexibility index (Phi) is 5.82. The zero-order valence-corrected chi connectivity index (χ0v) is 11.0. The highest BCUT2D eigenvalue weighted by Crippen LogP contribution is 2.18. The van der Waals surface area contributed by atoms with Crippen LogP contribution in [0.2, 0.25) is 0 Å². The molecule has 1 aromatic rings. The van der Waals surface area contributed by atoms with Gasteiger partial charge >= 0.3 is 12.1 Å². The molecule has 0 saturated carbocycles. The van der Waals surface area contributed by atoms with E-state index < -0.39 is 18.7 Å². The van der Waals surface area contributed by atoms with Crippen molar-refractivity contribution < 1.29 is 27.8 Å². The van der Waals surface area contributed by atoms with Crippen LogP contribution in [0.5, 0.6) is 5.75 Å². The zero-order valence-electron chi connectivity index (χ0n) is 11.0. The molecule has 112 valence electrons. The van der Waals surface area contributed by atoms with E-state index in [0.717, 1.165) is 0 Å². The second-order valence-corrected chi connectivity index (χ2v) is 4.13. The minimum atomic E-state index is -4.25. The number of aromatic carboxylic acids is 1. The number of rotatable bonds is 7. The number of halogens is 3. The molecule has 7 heteroatoms. The highest BCUT2D eigenvalue weighted by Gasteiger charge is 2.29. The lowest BCUT2D eigenvalue weighted by Gasteiger charge is -2.22. The third-order valence-corrected chi connectivity index (χ3v) is 2.63. The summed E-state index contributed by atoms with van der Waals surface area (Å²) < 4.78 is 42.0. The summed E-state index contributed by atoms with van der Waals surface area (Å²) in [6.45, 7) is 0.923. The molecule has 0 unspecified atom stereocenters. The summed E-state index contributed by atoms with van der Waals surface area (Å²) >= 11 is 0. The average Bonchev–Trinajstić information content (AvgIpc) is 2.36. The van der Waals surface area contributed by atoms with E-state index in [0.29, 0.717) is 0 Å². The number of alkyl halides is 3. The molecule has 0 heterocycles. The minimum Gasteiger partial charge on any atom is -0.491 e. The molecule has 0 saturated heterocycles. The van der Waals surface area contributed by atoms with Crippen molar-refractivity contribution in [2.75, 3.05) is 26.2 Å². The van der Waals surface area contributed by atoms with E-state index in [-0.39, 0.29) is 31.0 Å². The zero-order chi connectivity index (χ0) is 15.2. The molecule has 4 nitrogen and oxygen atoms in total. The van der Waals surface area contributed by atoms with Crippen molar-refractivity contribution in [3.05, 3.63) is 29.8 Å². The third kappa shape index (κ3) is 5.48. The third-order valence-electron chi connectivity index (χ3n) is 2.63. The quantitative estimate of drug-likeness (QED) is 0.839. The summed E-state index contributed by atoms with van der Waals surface area (Å²) in [6.07, 6.45) is -4.25. The fourth-order valence-electron chi connectivity index (χ4n) is 1.66. The van der Waals surface area contributed by atoms with E-state index >= 15 is 0 Å². The van der Waals surface area contributed by atoms with Crippen LogP contribution in [0.3, 0.4) is 0 Å². The molecule has 0 bridgehead atoms. The van der Waals surface area contributed by atoms with Gasteiger partial charge in [-0.1, -0.05) is 19.1 Å². The molecule has 20 heavy (non-hydrogen) atoms. The molecule has 1 rings (SSSR count). The number of benzene rings is 1. The van der Waals surface area contributed by atoms with Gasteiger partial charge in [0.2, 0.25) is 0 Å². The van der Waals surface area contributed by atoms with Gasteiger partial charge in [-0.25, -0.2) is 4.79 Å². The normalized spacial score (nSPS) is 11.7. The summed E-state index contributed by atoms with van der Waals surface area (Å²) in [4.78, 5) is 12.1. The van der Waals surface area contributed by atoms with Crippen LogP contribution in [0, 0.1) is 0 Å². The molecule has 0 radical (unpaired) electrons. The maximum absolute atomic E-state index is 12.3. The van der Waals surface area contributed by atoms with Gasteiger partial charge < -0.3 is 9.84 Å². The van der Waals surface area contributed by atoms with Crippen molar-refractivity contribution in [1.29, 1.82) is 0 Å². The van der Waals surface area contributed by atoms with Crippen LogP contribution in [0.4, 0.5) is 13.2 Å². The summed E-state index contributed by atoms with van der Waals surface area (Å²) in [5, 5.41) is 8.93. The van der Waals surface area contributed by atoms with Gasteiger partial charge in [-0.05, 0) is 18.7 Å². The molecule has 1 aromatic carbocycles. The van der Waals surface area contributed by atoms with E-state index in [1.165, 1.54) is 17.0 Å². The van der Waals surface area contributed by atoms with E-state index in [9.17, 15) is 18.0 Å². The van der Waals surface area contributed by atoms with Crippen molar-refractivity contribution in [2.24, 2.45) is 0 Å². The molecular weight excluding hydrogens is 275 g/mol. The lowest BCUT2D eigenvalue weighted by Crippen LogP contribution is -2.36. The first-order valence-electron chi connectivity index (χ1n) is 6.07. The van der Waals surface area contributed by atoms with Crippen LogP contribution in [-0.2, 0) is 0 Å². The van der Waals surface area contributed by atoms with Gasteiger partial charge in [-0.2, -0.15) is 13.2 Å². The molecule has 1 N–H and O–H groups in total. The number of para-hydroxylation sites is 1. The van der Waals surface area contributed by atoms with Gasteiger partial charge in [0.1, 0.15) is 17.9 Å². The fourth-order valence-corrected chi connectivity index (χ4v) is 1.66. The predicted molar refractivity (Wildman–Crippen MR) is 67.1 cm³/mol. The Labute approximate surface area is 114 Å². The Balaban J connectivity index is 2.53. The number of hydrogen-bond donors (Lipinski definition) is 1. The number of carboxylic acid groups (broad SMARTS) is 1. The van der Waals surface area contributed by atoms with Gasteiger partial charge in [-0.15, -0.1) is 0 Å². The lowest BCUT2D eigenvalue weighted by molar-refractivity contribution is -0.146. The van der Waals surface area contributed by atoms with Crippen molar-refractivity contribution in [3.63, 3.8) is 0 Å². The van der Waals surface area contributed by atoms with Crippen LogP contribution >= 0.6 is 0 Å². The van der Waals surface area contributed by atoms with Crippen molar-refractivity contribution in [2.45, 2.75) is 13.1 Å². The first-order valence-corrected chi connectivity index (χ1v) is 6.07. The van der Waals surface area contributed by atoms with Crippen LogP contribution in [-0.4, -0.2) is 48.4 Å². The van der Waals surface area contributed by atoms with E-state index in [1.807, 2.05) is 0 Å². The lowest BCUT2D eigenvalue weighted by atomic mass is 10.2. The average molecular weight is 291 g/mol. The molecule has 0 aliphatic carbocycles. The molecule has 0 atom stereocenters. The number of carboxylic acids is 1. The fraction of sp³-hybridized carbons (Fsp3) is 0.462. The predicted octanol–water partition coefficient (Wildman–Crippen LogP) is 2.65. The van der Waals surface area contributed by atoms with Crippen LogP contribution in [0.1, 0.15) is 17.3 Å². The number of ether oxygens (including phenoxy) is 1. The topological polar surface area (TPSA) is 49.8 Å². The van der Waals surface area contributed by atoms with Crippen LogP contribution in [0.25, 0.3) is 0 Å². The van der Waals surface area contributed by atoms with Gasteiger partial charge in [0.15, 0.2) is 0 Å². The highest BCUT2D eigenvalue weighted by atomic mass is 19.4. The second-order valence-electron chi connectivity index (χ2n) is 4.13. The second kappa shape index (κ2) is 7.14. The Hall–Kier alpha value is -1.76. The molecule has 0 aliphatic heterocycles. The monoisotopic (exact) mass is 291 g/mol. The smallest absolute Gasteiger partial charge is 0.401 e. The van der Waals surface area contributed by atoms with Crippen LogP contribution < -0.4 is 4.74 Å². The summed E-state index contributed by atoms with van der Waals surface area (Å²) in [6, 6.07) is 6.02. The maximum atomic E-state index is 12.3. The Morgan fingerprint density at radius 1 is 1.35 bits per heavy atom. The van der Waals surface area contributed by atoms with Gasteiger partial charge in [-0.3, -0.25) is 4.90 Å². The number of nitrogens with zero attached hydrogens (tertiary/aromatic N) is 1. The number of hydrogen-bond acceptors (Lipinski definition) is 3. The minimum absolute atomic E-state index is 0.00574. The van der Waals surface area contributed by atoms with Gasteiger partial charge in [0.05, 0.1) is 6.54 Å². The van der Waals surface area contributed by atoms with E-state index in [2.05, 4.69) is 0 Å². The SMILES string of the molecule is CCN(CCOc1ccccc1C(=O)O)CC(F)(F)F. The maximum Gasteiger partial charge on any atom is 0.401 e. The van der Waals surface area contributed by atoms with Crippen molar-refractivity contribution >= 4 is 5.97 Å². The summed E-state index contributed by atoms with van der Waals surface area (Å²) in [5.41, 5.74) is -0.00799. The van der Waals surface area contributed by atoms with Crippen molar-refractivity contribution in [1.82, 2.24) is 4.90 Å². The summed E-state index contributed by atoms with van der Waals surface area (Å²) in [5.74, 6) is -0.980. The largest absolute Gasteiger partial charge is 0.491 e. The van der Waals surface area contributed by atoms with Crippen LogP contribution in [0.15, 0.2) is 24.3 Å². The standard InChI is InChI=1S/C13H16F3NO3/c1-2-17(9-13(14,15)16)7-8-20-11-6-4-3-5-10(11)12(18)19/h3-6H,2,7-9H2,1H3,(H,18,19). The molecule has 0 aliphatic rings. The first-order chi connectivity index (χ1) is 9.33. The Morgan fingerprint density at radius 3 is 2.55 bits per heavy atom. The van der Waals surface area contributed by atoms with Gasteiger partial charge in [0.25, 0.3) is 0 Å².